The maximum atomic E-state index is 12.4. The fourth-order valence-electron chi connectivity index (χ4n) is 2.41. The first-order chi connectivity index (χ1) is 12.5. The van der Waals surface area contributed by atoms with Gasteiger partial charge in [0, 0.05) is 10.6 Å². The molecule has 6 nitrogen and oxygen atoms in total. The Bertz CT molecular complexity index is 876. The molecule has 0 spiro atoms. The number of ether oxygens (including phenoxy) is 1. The van der Waals surface area contributed by atoms with Gasteiger partial charge in [0.1, 0.15) is 17.4 Å². The van der Waals surface area contributed by atoms with Gasteiger partial charge in [0.15, 0.2) is 5.84 Å². The molecular weight excluding hydrogens is 372 g/mol. The number of hydrogen-bond acceptors (Lipinski definition) is 5. The van der Waals surface area contributed by atoms with Gasteiger partial charge in [-0.25, -0.2) is 0 Å². The number of thioether (sulfide) groups is 1. The number of carbonyl (C=O) groups excluding carboxylic acids is 1. The molecule has 0 bridgehead atoms. The second-order valence-electron chi connectivity index (χ2n) is 5.55. The van der Waals surface area contributed by atoms with Crippen molar-refractivity contribution in [2.75, 3.05) is 6.61 Å². The second-order valence-corrected chi connectivity index (χ2v) is 7.02. The third-order valence-corrected chi connectivity index (χ3v) is 4.79. The van der Waals surface area contributed by atoms with Crippen LogP contribution in [0, 0.1) is 5.41 Å². The summed E-state index contributed by atoms with van der Waals surface area (Å²) in [4.78, 5) is 16.5. The predicted molar refractivity (Wildman–Crippen MR) is 107 cm³/mol. The van der Waals surface area contributed by atoms with E-state index in [1.54, 1.807) is 30.4 Å². The predicted octanol–water partition coefficient (Wildman–Crippen LogP) is 4.32. The maximum Gasteiger partial charge on any atom is 0.283 e. The van der Waals surface area contributed by atoms with Gasteiger partial charge in [0.25, 0.3) is 5.91 Å². The number of hydrazone groups is 1. The number of carbonyl (C=O) groups is 1. The third kappa shape index (κ3) is 3.73. The summed E-state index contributed by atoms with van der Waals surface area (Å²) in [6.07, 6.45) is 4.91. The van der Waals surface area contributed by atoms with Crippen LogP contribution in [0.4, 0.5) is 0 Å². The lowest BCUT2D eigenvalue weighted by molar-refractivity contribution is -0.114. The van der Waals surface area contributed by atoms with Gasteiger partial charge in [-0.1, -0.05) is 31.2 Å². The fraction of sp³-hybridized carbons (Fsp3) is 0.222. The number of aliphatic imine (C=N–C) groups is 1. The van der Waals surface area contributed by atoms with Gasteiger partial charge in [0.2, 0.25) is 5.17 Å². The molecule has 0 saturated heterocycles. The van der Waals surface area contributed by atoms with Crippen molar-refractivity contribution in [2.45, 2.75) is 19.8 Å². The summed E-state index contributed by atoms with van der Waals surface area (Å²) in [5, 5.41) is 16.0. The number of nitrogens with zero attached hydrogens (tertiary/aromatic N) is 3. The largest absolute Gasteiger partial charge is 0.489 e. The average Bonchev–Trinajstić information content (AvgIpc) is 3.01. The van der Waals surface area contributed by atoms with Crippen LogP contribution in [0.2, 0.25) is 5.02 Å². The summed E-state index contributed by atoms with van der Waals surface area (Å²) in [6, 6.07) is 5.09. The highest BCUT2D eigenvalue weighted by molar-refractivity contribution is 8.26. The van der Waals surface area contributed by atoms with Crippen molar-refractivity contribution in [3.63, 3.8) is 0 Å². The minimum atomic E-state index is -0.476. The van der Waals surface area contributed by atoms with Crippen molar-refractivity contribution < 1.29 is 9.53 Å². The Hall–Kier alpha value is -2.38. The zero-order valence-electron chi connectivity index (χ0n) is 14.2. The lowest BCUT2D eigenvalue weighted by Gasteiger charge is -2.20. The van der Waals surface area contributed by atoms with E-state index < -0.39 is 5.91 Å². The monoisotopic (exact) mass is 388 g/mol. The number of hydrogen-bond donors (Lipinski definition) is 1. The number of fused-ring (bicyclic) bond motifs is 1. The molecule has 2 aliphatic heterocycles. The molecule has 134 valence electrons. The van der Waals surface area contributed by atoms with E-state index in [0.29, 0.717) is 28.1 Å². The van der Waals surface area contributed by atoms with E-state index in [4.69, 9.17) is 21.7 Å². The van der Waals surface area contributed by atoms with Crippen molar-refractivity contribution in [1.29, 1.82) is 5.41 Å². The molecule has 0 aromatic heterocycles. The lowest BCUT2D eigenvalue weighted by Crippen LogP contribution is -2.35. The SMILES string of the molecule is C=CCOc1ccc(Cl)cc1C=C1C(=N)N2N=C(CCC)SC2=NC1=O. The van der Waals surface area contributed by atoms with Crippen LogP contribution in [0.5, 0.6) is 5.75 Å². The van der Waals surface area contributed by atoms with Gasteiger partial charge >= 0.3 is 0 Å². The normalized spacial score (nSPS) is 17.9. The van der Waals surface area contributed by atoms with Crippen molar-refractivity contribution in [3.05, 3.63) is 47.0 Å². The molecule has 0 atom stereocenters. The molecule has 2 aliphatic rings. The van der Waals surface area contributed by atoms with Crippen LogP contribution in [-0.4, -0.2) is 33.6 Å². The Morgan fingerprint density at radius 2 is 2.27 bits per heavy atom. The van der Waals surface area contributed by atoms with Crippen LogP contribution < -0.4 is 4.74 Å². The number of nitrogens with one attached hydrogen (secondary N) is 1. The zero-order valence-corrected chi connectivity index (χ0v) is 15.7. The van der Waals surface area contributed by atoms with Crippen molar-refractivity contribution in [1.82, 2.24) is 5.01 Å². The van der Waals surface area contributed by atoms with E-state index in [2.05, 4.69) is 16.7 Å². The molecule has 1 aromatic rings. The van der Waals surface area contributed by atoms with Gasteiger partial charge < -0.3 is 4.74 Å². The molecule has 0 aliphatic carbocycles. The van der Waals surface area contributed by atoms with Crippen LogP contribution in [0.25, 0.3) is 6.08 Å². The van der Waals surface area contributed by atoms with Crippen LogP contribution >= 0.6 is 23.4 Å². The summed E-state index contributed by atoms with van der Waals surface area (Å²) < 4.78 is 5.60. The molecular formula is C18H17ClN4O2S. The first-order valence-corrected chi connectivity index (χ1v) is 9.25. The van der Waals surface area contributed by atoms with Gasteiger partial charge in [-0.2, -0.15) is 15.1 Å². The quantitative estimate of drug-likeness (QED) is 0.581. The third-order valence-electron chi connectivity index (χ3n) is 3.59. The molecule has 0 saturated carbocycles. The Balaban J connectivity index is 1.97. The molecule has 8 heteroatoms. The Morgan fingerprint density at radius 3 is 3.00 bits per heavy atom. The Labute approximate surface area is 160 Å². The van der Waals surface area contributed by atoms with Crippen molar-refractivity contribution >= 4 is 51.4 Å². The summed E-state index contributed by atoms with van der Waals surface area (Å²) in [6.45, 7) is 5.99. The summed E-state index contributed by atoms with van der Waals surface area (Å²) >= 11 is 7.41. The van der Waals surface area contributed by atoms with E-state index in [1.807, 2.05) is 6.92 Å². The molecule has 0 fully saturated rings. The van der Waals surface area contributed by atoms with Crippen LogP contribution in [0.1, 0.15) is 25.3 Å². The minimum absolute atomic E-state index is 0.00625. The van der Waals surface area contributed by atoms with Gasteiger partial charge in [-0.15, -0.1) is 0 Å². The molecule has 2 heterocycles. The Morgan fingerprint density at radius 1 is 1.46 bits per heavy atom. The van der Waals surface area contributed by atoms with Crippen LogP contribution in [-0.2, 0) is 4.79 Å². The number of halogens is 1. The van der Waals surface area contributed by atoms with Crippen LogP contribution in [0.3, 0.4) is 0 Å². The highest BCUT2D eigenvalue weighted by Gasteiger charge is 2.35. The number of amidine groups is 2. The molecule has 3 rings (SSSR count). The van der Waals surface area contributed by atoms with Crippen LogP contribution in [0.15, 0.2) is 46.5 Å². The smallest absolute Gasteiger partial charge is 0.283 e. The van der Waals surface area contributed by atoms with E-state index in [9.17, 15) is 4.79 Å². The van der Waals surface area contributed by atoms with E-state index in [0.717, 1.165) is 17.9 Å². The first-order valence-electron chi connectivity index (χ1n) is 8.05. The molecule has 0 radical (unpaired) electrons. The van der Waals surface area contributed by atoms with Crippen molar-refractivity contribution in [3.8, 4) is 5.75 Å². The second kappa shape index (κ2) is 7.88. The van der Waals surface area contributed by atoms with Gasteiger partial charge in [0.05, 0.1) is 5.57 Å². The minimum Gasteiger partial charge on any atom is -0.489 e. The van der Waals surface area contributed by atoms with E-state index in [-0.39, 0.29) is 11.4 Å². The fourth-order valence-corrected chi connectivity index (χ4v) is 3.58. The first kappa shape index (κ1) is 18.4. The standard InChI is InChI=1S/C18H17ClN4O2S/c1-3-5-15-22-23-16(20)13(17(24)21-18(23)26-15)10-11-9-12(19)6-7-14(11)25-8-4-2/h4,6-7,9-10,20H,2-3,5,8H2,1H3. The summed E-state index contributed by atoms with van der Waals surface area (Å²) in [7, 11) is 0. The highest BCUT2D eigenvalue weighted by Crippen LogP contribution is 2.31. The highest BCUT2D eigenvalue weighted by atomic mass is 35.5. The molecule has 1 N–H and O–H groups in total. The molecule has 1 amide bonds. The molecule has 0 unspecified atom stereocenters. The number of amides is 1. The van der Waals surface area contributed by atoms with Crippen molar-refractivity contribution in [2.24, 2.45) is 10.1 Å². The zero-order chi connectivity index (χ0) is 18.7. The average molecular weight is 389 g/mol. The lowest BCUT2D eigenvalue weighted by atomic mass is 10.1. The summed E-state index contributed by atoms with van der Waals surface area (Å²) in [5.41, 5.74) is 0.734. The van der Waals surface area contributed by atoms with E-state index >= 15 is 0 Å². The number of rotatable bonds is 6. The Kier molecular flexibility index (Phi) is 5.58. The summed E-state index contributed by atoms with van der Waals surface area (Å²) in [5.74, 6) is 0.0627. The molecule has 1 aromatic carbocycles. The number of benzene rings is 1. The molecule has 26 heavy (non-hydrogen) atoms. The van der Waals surface area contributed by atoms with Gasteiger partial charge in [-0.05, 0) is 48.9 Å². The maximum absolute atomic E-state index is 12.4. The van der Waals surface area contributed by atoms with E-state index in [1.165, 1.54) is 16.8 Å². The topological polar surface area (TPSA) is 78.1 Å². The van der Waals surface area contributed by atoms with Gasteiger partial charge in [-0.3, -0.25) is 10.2 Å².